The number of Topliss-reactive ketones (excluding diaryl/α,β-unsaturated/α-hetero) is 2. The molecular weight excluding hydrogens is 509 g/mol. The topological polar surface area (TPSA) is 84.0 Å². The van der Waals surface area contributed by atoms with Crippen LogP contribution in [-0.2, 0) is 4.74 Å². The molecule has 0 aliphatic carbocycles. The first-order chi connectivity index (χ1) is 18.4. The first-order valence-electron chi connectivity index (χ1n) is 11.9. The lowest BCUT2D eigenvalue weighted by molar-refractivity contribution is -0.0361. The molecule has 198 valence electrons. The van der Waals surface area contributed by atoms with E-state index < -0.39 is 6.36 Å². The molecule has 0 N–H and O–H groups in total. The number of pyridine rings is 1. The molecule has 9 heteroatoms. The van der Waals surface area contributed by atoms with Crippen molar-refractivity contribution in [1.29, 1.82) is 0 Å². The molecule has 2 aromatic carbocycles. The summed E-state index contributed by atoms with van der Waals surface area (Å²) in [6, 6.07) is 14.0. The van der Waals surface area contributed by atoms with Gasteiger partial charge in [-0.05, 0) is 42.8 Å². The van der Waals surface area contributed by atoms with Crippen LogP contribution in [0.3, 0.4) is 0 Å². The molecule has 0 radical (unpaired) electrons. The molecule has 0 aliphatic heterocycles. The fraction of sp³-hybridized carbons (Fsp3) is 0.276. The molecule has 0 bridgehead atoms. The first-order valence-corrected chi connectivity index (χ1v) is 12.8. The average molecular weight is 538 g/mol. The third kappa shape index (κ3) is 5.84. The van der Waals surface area contributed by atoms with E-state index in [2.05, 4.69) is 22.7 Å². The third-order valence-corrected chi connectivity index (χ3v) is 7.24. The molecule has 2 aromatic heterocycles. The van der Waals surface area contributed by atoms with Crippen LogP contribution in [0.25, 0.3) is 21.3 Å². The summed E-state index contributed by atoms with van der Waals surface area (Å²) in [4.78, 5) is 30.5. The number of hydrogen-bond acceptors (Lipinski definition) is 8. The van der Waals surface area contributed by atoms with Gasteiger partial charge in [0.1, 0.15) is 23.7 Å². The van der Waals surface area contributed by atoms with Crippen molar-refractivity contribution in [3.63, 3.8) is 0 Å². The SMILES string of the molecule is COc1cc(C(=O)CCC(=O)c2ccc(OC)c(-c3csc4c(C)cccc34)n2)ccc1OCC(F)OC. The number of aromatic nitrogens is 1. The van der Waals surface area contributed by atoms with Gasteiger partial charge in [-0.15, -0.1) is 11.3 Å². The Morgan fingerprint density at radius 1 is 0.947 bits per heavy atom. The Balaban J connectivity index is 1.49. The zero-order valence-corrected chi connectivity index (χ0v) is 22.4. The molecule has 0 saturated carbocycles. The Morgan fingerprint density at radius 2 is 1.68 bits per heavy atom. The molecule has 4 rings (SSSR count). The molecule has 0 saturated heterocycles. The Kier molecular flexibility index (Phi) is 8.70. The molecule has 0 amide bonds. The molecular formula is C29H28FNO6S. The van der Waals surface area contributed by atoms with Gasteiger partial charge in [0.05, 0.1) is 14.2 Å². The number of alkyl halides is 1. The summed E-state index contributed by atoms with van der Waals surface area (Å²) >= 11 is 1.62. The zero-order chi connectivity index (χ0) is 27.2. The number of hydrogen-bond donors (Lipinski definition) is 0. The lowest BCUT2D eigenvalue weighted by Crippen LogP contribution is -2.15. The lowest BCUT2D eigenvalue weighted by Gasteiger charge is -2.13. The van der Waals surface area contributed by atoms with E-state index in [0.717, 1.165) is 15.6 Å². The van der Waals surface area contributed by atoms with Gasteiger partial charge in [-0.2, -0.15) is 0 Å². The van der Waals surface area contributed by atoms with Crippen LogP contribution in [0.4, 0.5) is 4.39 Å². The van der Waals surface area contributed by atoms with E-state index in [1.807, 2.05) is 17.5 Å². The predicted octanol–water partition coefficient (Wildman–Crippen LogP) is 6.46. The Labute approximate surface area is 224 Å². The predicted molar refractivity (Wildman–Crippen MR) is 145 cm³/mol. The number of thiophene rings is 1. The molecule has 0 spiro atoms. The summed E-state index contributed by atoms with van der Waals surface area (Å²) in [5.74, 6) is 0.642. The smallest absolute Gasteiger partial charge is 0.233 e. The summed E-state index contributed by atoms with van der Waals surface area (Å²) in [5.41, 5.74) is 3.28. The van der Waals surface area contributed by atoms with E-state index in [0.29, 0.717) is 17.0 Å². The molecule has 0 fully saturated rings. The number of rotatable bonds is 12. The Bertz CT molecular complexity index is 1470. The number of fused-ring (bicyclic) bond motifs is 1. The van der Waals surface area contributed by atoms with Gasteiger partial charge < -0.3 is 18.9 Å². The van der Waals surface area contributed by atoms with Gasteiger partial charge in [0, 0.05) is 46.5 Å². The molecule has 0 aliphatic rings. The molecule has 1 unspecified atom stereocenters. The van der Waals surface area contributed by atoms with Crippen LogP contribution >= 0.6 is 11.3 Å². The number of carbonyl (C=O) groups is 2. The Morgan fingerprint density at radius 3 is 2.42 bits per heavy atom. The maximum absolute atomic E-state index is 13.3. The van der Waals surface area contributed by atoms with Gasteiger partial charge in [-0.25, -0.2) is 9.37 Å². The number of benzene rings is 2. The van der Waals surface area contributed by atoms with Gasteiger partial charge in [0.25, 0.3) is 0 Å². The van der Waals surface area contributed by atoms with Crippen molar-refractivity contribution < 1.29 is 32.9 Å². The summed E-state index contributed by atoms with van der Waals surface area (Å²) in [6.07, 6.45) is -1.61. The second kappa shape index (κ2) is 12.1. The number of ether oxygens (including phenoxy) is 4. The standard InChI is InChI=1S/C29H28FNO6S/c1-17-6-5-7-19-20(16-38-29(17)19)28-25(34-2)13-9-21(31-28)23(33)11-10-22(32)18-8-12-24(26(14-18)35-3)37-15-27(30)36-4/h5-9,12-14,16,27H,10-11,15H2,1-4H3. The number of halogens is 1. The van der Waals surface area contributed by atoms with Crippen LogP contribution in [0.1, 0.15) is 39.3 Å². The first kappa shape index (κ1) is 27.2. The second-order valence-electron chi connectivity index (χ2n) is 8.52. The summed E-state index contributed by atoms with van der Waals surface area (Å²) in [7, 11) is 4.23. The highest BCUT2D eigenvalue weighted by molar-refractivity contribution is 7.18. The van der Waals surface area contributed by atoms with Crippen molar-refractivity contribution in [2.75, 3.05) is 27.9 Å². The van der Waals surface area contributed by atoms with Crippen LogP contribution in [0.2, 0.25) is 0 Å². The van der Waals surface area contributed by atoms with E-state index in [1.165, 1.54) is 31.9 Å². The van der Waals surface area contributed by atoms with Gasteiger partial charge in [-0.1, -0.05) is 18.2 Å². The maximum Gasteiger partial charge on any atom is 0.233 e. The van der Waals surface area contributed by atoms with E-state index in [1.54, 1.807) is 36.6 Å². The highest BCUT2D eigenvalue weighted by atomic mass is 32.1. The number of methoxy groups -OCH3 is 3. The minimum atomic E-state index is -1.58. The van der Waals surface area contributed by atoms with Crippen LogP contribution in [0.15, 0.2) is 53.9 Å². The van der Waals surface area contributed by atoms with Crippen molar-refractivity contribution in [3.05, 3.63) is 70.7 Å². The summed E-state index contributed by atoms with van der Waals surface area (Å²) in [5, 5.41) is 3.07. The fourth-order valence-electron chi connectivity index (χ4n) is 4.03. The molecule has 38 heavy (non-hydrogen) atoms. The molecule has 4 aromatic rings. The number of aryl methyl sites for hydroxylation is 1. The van der Waals surface area contributed by atoms with Crippen LogP contribution in [-0.4, -0.2) is 50.8 Å². The largest absolute Gasteiger partial charge is 0.494 e. The highest BCUT2D eigenvalue weighted by Gasteiger charge is 2.19. The fourth-order valence-corrected chi connectivity index (χ4v) is 5.06. The Hall–Kier alpha value is -3.82. The highest BCUT2D eigenvalue weighted by Crippen LogP contribution is 2.39. The lowest BCUT2D eigenvalue weighted by atomic mass is 10.0. The average Bonchev–Trinajstić information content (AvgIpc) is 3.39. The molecule has 1 atom stereocenters. The number of carbonyl (C=O) groups excluding carboxylic acids is 2. The van der Waals surface area contributed by atoms with Crippen molar-refractivity contribution in [1.82, 2.24) is 4.98 Å². The van der Waals surface area contributed by atoms with E-state index in [9.17, 15) is 14.0 Å². The number of nitrogens with zero attached hydrogens (tertiary/aromatic N) is 1. The summed E-state index contributed by atoms with van der Waals surface area (Å²) < 4.78 is 35.2. The maximum atomic E-state index is 13.3. The van der Waals surface area contributed by atoms with Crippen LogP contribution in [0, 0.1) is 6.92 Å². The van der Waals surface area contributed by atoms with Crippen molar-refractivity contribution in [2.45, 2.75) is 26.1 Å². The molecule has 2 heterocycles. The van der Waals surface area contributed by atoms with Crippen molar-refractivity contribution in [3.8, 4) is 28.5 Å². The van der Waals surface area contributed by atoms with E-state index in [4.69, 9.17) is 14.2 Å². The number of ketones is 2. The van der Waals surface area contributed by atoms with E-state index >= 15 is 0 Å². The van der Waals surface area contributed by atoms with Crippen LogP contribution < -0.4 is 14.2 Å². The van der Waals surface area contributed by atoms with Crippen molar-refractivity contribution in [2.24, 2.45) is 0 Å². The monoisotopic (exact) mass is 537 g/mol. The van der Waals surface area contributed by atoms with Crippen LogP contribution in [0.5, 0.6) is 17.2 Å². The van der Waals surface area contributed by atoms with Gasteiger partial charge in [0.2, 0.25) is 6.36 Å². The second-order valence-corrected chi connectivity index (χ2v) is 9.40. The van der Waals surface area contributed by atoms with Crippen molar-refractivity contribution >= 4 is 33.0 Å². The third-order valence-electron chi connectivity index (χ3n) is 6.11. The normalized spacial score (nSPS) is 11.8. The molecule has 7 nitrogen and oxygen atoms in total. The van der Waals surface area contributed by atoms with E-state index in [-0.39, 0.29) is 48.2 Å². The van der Waals surface area contributed by atoms with Gasteiger partial charge in [-0.3, -0.25) is 9.59 Å². The minimum Gasteiger partial charge on any atom is -0.494 e. The zero-order valence-electron chi connectivity index (χ0n) is 21.6. The quantitative estimate of drug-likeness (QED) is 0.192. The van der Waals surface area contributed by atoms with Gasteiger partial charge in [0.15, 0.2) is 23.1 Å². The van der Waals surface area contributed by atoms with Gasteiger partial charge >= 0.3 is 0 Å². The summed E-state index contributed by atoms with van der Waals surface area (Å²) in [6.45, 7) is 1.74. The minimum absolute atomic E-state index is 0.0119.